The maximum Gasteiger partial charge on any atom is 0.266 e. The zero-order valence-corrected chi connectivity index (χ0v) is 15.7. The number of benzene rings is 2. The standard InChI is InChI=1S/C21H19F2N3O3/c1-2-29-16-6-3-14(4-7-16)19-9-10-20(27)26(25-19)12-11-24-21(28)17-8-5-15(22)13-18(17)23/h3-10,13H,2,11-12H2,1H3,(H,24,28). The smallest absolute Gasteiger partial charge is 0.266 e. The van der Waals surface area contributed by atoms with Crippen molar-refractivity contribution in [2.45, 2.75) is 13.5 Å². The highest BCUT2D eigenvalue weighted by atomic mass is 19.1. The molecule has 8 heteroatoms. The molecule has 0 saturated carbocycles. The minimum absolute atomic E-state index is 0.0509. The lowest BCUT2D eigenvalue weighted by Crippen LogP contribution is -2.32. The predicted octanol–water partition coefficient (Wildman–Crippen LogP) is 3.02. The predicted molar refractivity (Wildman–Crippen MR) is 104 cm³/mol. The Labute approximate surface area is 165 Å². The number of rotatable bonds is 7. The van der Waals surface area contributed by atoms with Crippen molar-refractivity contribution in [1.82, 2.24) is 15.1 Å². The topological polar surface area (TPSA) is 73.2 Å². The molecule has 1 amide bonds. The van der Waals surface area contributed by atoms with E-state index >= 15 is 0 Å². The first-order valence-electron chi connectivity index (χ1n) is 9.02. The summed E-state index contributed by atoms with van der Waals surface area (Å²) in [5.41, 5.74) is 0.792. The van der Waals surface area contributed by atoms with Gasteiger partial charge < -0.3 is 10.1 Å². The van der Waals surface area contributed by atoms with Gasteiger partial charge in [0.25, 0.3) is 11.5 Å². The second kappa shape index (κ2) is 9.09. The van der Waals surface area contributed by atoms with Crippen LogP contribution in [0.2, 0.25) is 0 Å². The molecule has 1 aromatic heterocycles. The molecule has 150 valence electrons. The third-order valence-electron chi connectivity index (χ3n) is 4.11. The molecule has 0 bridgehead atoms. The van der Waals surface area contributed by atoms with E-state index in [1.165, 1.54) is 10.7 Å². The average Bonchev–Trinajstić information content (AvgIpc) is 2.70. The van der Waals surface area contributed by atoms with Gasteiger partial charge in [0.1, 0.15) is 17.4 Å². The van der Waals surface area contributed by atoms with E-state index in [9.17, 15) is 18.4 Å². The summed E-state index contributed by atoms with van der Waals surface area (Å²) in [6.45, 7) is 2.61. The van der Waals surface area contributed by atoms with Crippen LogP contribution in [0.15, 0.2) is 59.4 Å². The first kappa shape index (κ1) is 20.2. The number of hydrogen-bond donors (Lipinski definition) is 1. The van der Waals surface area contributed by atoms with Gasteiger partial charge >= 0.3 is 0 Å². The number of nitrogens with zero attached hydrogens (tertiary/aromatic N) is 2. The lowest BCUT2D eigenvalue weighted by Gasteiger charge is -2.09. The normalized spacial score (nSPS) is 10.6. The molecule has 0 atom stereocenters. The van der Waals surface area contributed by atoms with Crippen molar-refractivity contribution in [3.8, 4) is 17.0 Å². The fourth-order valence-electron chi connectivity index (χ4n) is 2.70. The quantitative estimate of drug-likeness (QED) is 0.663. The van der Waals surface area contributed by atoms with Gasteiger partial charge in [-0.2, -0.15) is 5.10 Å². The third-order valence-corrected chi connectivity index (χ3v) is 4.11. The summed E-state index contributed by atoms with van der Waals surface area (Å²) in [4.78, 5) is 24.1. The lowest BCUT2D eigenvalue weighted by atomic mass is 10.1. The van der Waals surface area contributed by atoms with E-state index < -0.39 is 17.5 Å². The summed E-state index contributed by atoms with van der Waals surface area (Å²) < 4.78 is 33.2. The Hall–Kier alpha value is -3.55. The summed E-state index contributed by atoms with van der Waals surface area (Å²) in [5.74, 6) is -1.67. The van der Waals surface area contributed by atoms with Crippen molar-refractivity contribution in [3.05, 3.63) is 82.1 Å². The largest absolute Gasteiger partial charge is 0.494 e. The molecule has 0 spiro atoms. The number of nitrogens with one attached hydrogen (secondary N) is 1. The summed E-state index contributed by atoms with van der Waals surface area (Å²) in [6, 6.07) is 13.0. The minimum Gasteiger partial charge on any atom is -0.494 e. The van der Waals surface area contributed by atoms with Crippen LogP contribution in [-0.4, -0.2) is 28.8 Å². The minimum atomic E-state index is -0.949. The lowest BCUT2D eigenvalue weighted by molar-refractivity contribution is 0.0947. The second-order valence-electron chi connectivity index (χ2n) is 6.12. The maximum atomic E-state index is 13.7. The van der Waals surface area contributed by atoms with Crippen LogP contribution in [0.5, 0.6) is 5.75 Å². The number of aromatic nitrogens is 2. The zero-order chi connectivity index (χ0) is 20.8. The molecule has 0 unspecified atom stereocenters. The van der Waals surface area contributed by atoms with Crippen LogP contribution >= 0.6 is 0 Å². The van der Waals surface area contributed by atoms with Crippen LogP contribution in [0.3, 0.4) is 0 Å². The molecule has 1 N–H and O–H groups in total. The van der Waals surface area contributed by atoms with Crippen LogP contribution in [0.1, 0.15) is 17.3 Å². The Morgan fingerprint density at radius 2 is 1.86 bits per heavy atom. The Morgan fingerprint density at radius 1 is 1.10 bits per heavy atom. The summed E-state index contributed by atoms with van der Waals surface area (Å²) >= 11 is 0. The molecule has 1 heterocycles. The van der Waals surface area contributed by atoms with E-state index in [4.69, 9.17) is 4.74 Å². The zero-order valence-electron chi connectivity index (χ0n) is 15.7. The summed E-state index contributed by atoms with van der Waals surface area (Å²) in [7, 11) is 0. The number of halogens is 2. The van der Waals surface area contributed by atoms with Crippen molar-refractivity contribution in [2.24, 2.45) is 0 Å². The first-order valence-corrected chi connectivity index (χ1v) is 9.02. The van der Waals surface area contributed by atoms with Gasteiger partial charge in [-0.15, -0.1) is 0 Å². The molecule has 3 aromatic rings. The van der Waals surface area contributed by atoms with Crippen molar-refractivity contribution < 1.29 is 18.3 Å². The van der Waals surface area contributed by atoms with E-state index in [-0.39, 0.29) is 24.2 Å². The van der Waals surface area contributed by atoms with Gasteiger partial charge in [-0.3, -0.25) is 9.59 Å². The maximum absolute atomic E-state index is 13.7. The molecule has 0 aliphatic rings. The summed E-state index contributed by atoms with van der Waals surface area (Å²) in [5, 5.41) is 6.80. The molecule has 0 aliphatic heterocycles. The van der Waals surface area contributed by atoms with E-state index in [2.05, 4.69) is 10.4 Å². The van der Waals surface area contributed by atoms with Gasteiger partial charge in [0.05, 0.1) is 24.4 Å². The highest BCUT2D eigenvalue weighted by Gasteiger charge is 2.12. The Morgan fingerprint density at radius 3 is 2.55 bits per heavy atom. The average molecular weight is 399 g/mol. The second-order valence-corrected chi connectivity index (χ2v) is 6.12. The van der Waals surface area contributed by atoms with Crippen molar-refractivity contribution in [2.75, 3.05) is 13.2 Å². The Bertz CT molecular complexity index is 1070. The number of ether oxygens (including phenoxy) is 1. The highest BCUT2D eigenvalue weighted by Crippen LogP contribution is 2.19. The van der Waals surface area contributed by atoms with Crippen LogP contribution < -0.4 is 15.6 Å². The number of hydrogen-bond acceptors (Lipinski definition) is 4. The van der Waals surface area contributed by atoms with E-state index in [1.807, 2.05) is 31.2 Å². The van der Waals surface area contributed by atoms with Crippen LogP contribution in [0.25, 0.3) is 11.3 Å². The fourth-order valence-corrected chi connectivity index (χ4v) is 2.70. The molecule has 0 aliphatic carbocycles. The first-order chi connectivity index (χ1) is 14.0. The van der Waals surface area contributed by atoms with E-state index in [0.29, 0.717) is 18.4 Å². The molecule has 29 heavy (non-hydrogen) atoms. The molecule has 0 fully saturated rings. The molecule has 0 saturated heterocycles. The molecule has 2 aromatic carbocycles. The SMILES string of the molecule is CCOc1ccc(-c2ccc(=O)n(CCNC(=O)c3ccc(F)cc3F)n2)cc1. The third kappa shape index (κ3) is 5.04. The monoisotopic (exact) mass is 399 g/mol. The summed E-state index contributed by atoms with van der Waals surface area (Å²) in [6.07, 6.45) is 0. The van der Waals surface area contributed by atoms with E-state index in [0.717, 1.165) is 23.4 Å². The fraction of sp³-hybridized carbons (Fsp3) is 0.190. The van der Waals surface area contributed by atoms with Crippen LogP contribution in [0, 0.1) is 11.6 Å². The molecular weight excluding hydrogens is 380 g/mol. The van der Waals surface area contributed by atoms with Gasteiger partial charge in [-0.1, -0.05) is 0 Å². The molecule has 6 nitrogen and oxygen atoms in total. The van der Waals surface area contributed by atoms with Gasteiger partial charge in [-0.25, -0.2) is 13.5 Å². The highest BCUT2D eigenvalue weighted by molar-refractivity contribution is 5.94. The molecule has 3 rings (SSSR count). The number of carbonyl (C=O) groups excluding carboxylic acids is 1. The van der Waals surface area contributed by atoms with Crippen LogP contribution in [-0.2, 0) is 6.54 Å². The van der Waals surface area contributed by atoms with Gasteiger partial charge in [0, 0.05) is 24.2 Å². The van der Waals surface area contributed by atoms with Crippen molar-refractivity contribution in [3.63, 3.8) is 0 Å². The van der Waals surface area contributed by atoms with Gasteiger partial charge in [0.15, 0.2) is 0 Å². The Balaban J connectivity index is 1.67. The van der Waals surface area contributed by atoms with Crippen molar-refractivity contribution >= 4 is 5.91 Å². The number of amides is 1. The van der Waals surface area contributed by atoms with Gasteiger partial charge in [0.2, 0.25) is 0 Å². The van der Waals surface area contributed by atoms with Crippen LogP contribution in [0.4, 0.5) is 8.78 Å². The van der Waals surface area contributed by atoms with Crippen molar-refractivity contribution in [1.29, 1.82) is 0 Å². The van der Waals surface area contributed by atoms with E-state index in [1.54, 1.807) is 6.07 Å². The Kier molecular flexibility index (Phi) is 6.33. The van der Waals surface area contributed by atoms with Gasteiger partial charge in [-0.05, 0) is 49.4 Å². The number of carbonyl (C=O) groups is 1. The molecule has 0 radical (unpaired) electrons. The molecular formula is C21H19F2N3O3.